The first-order chi connectivity index (χ1) is 13.3. The molecule has 0 spiro atoms. The van der Waals surface area contributed by atoms with Crippen LogP contribution in [0.25, 0.3) is 10.8 Å². The summed E-state index contributed by atoms with van der Waals surface area (Å²) in [6.45, 7) is 2.81. The number of rotatable bonds is 3. The number of hydrogen-bond acceptors (Lipinski definition) is 3. The fourth-order valence-electron chi connectivity index (χ4n) is 5.32. The van der Waals surface area contributed by atoms with E-state index in [1.54, 1.807) is 7.11 Å². The van der Waals surface area contributed by atoms with Crippen molar-refractivity contribution in [2.24, 2.45) is 16.8 Å². The molecule has 4 unspecified atom stereocenters. The molecule has 0 saturated carbocycles. The van der Waals surface area contributed by atoms with Crippen LogP contribution in [0.15, 0.2) is 41.4 Å². The van der Waals surface area contributed by atoms with Crippen molar-refractivity contribution in [3.8, 4) is 5.75 Å². The van der Waals surface area contributed by atoms with E-state index in [9.17, 15) is 0 Å². The van der Waals surface area contributed by atoms with E-state index in [2.05, 4.69) is 51.6 Å². The quantitative estimate of drug-likeness (QED) is 0.671. The fraction of sp³-hybridized carbons (Fsp3) is 0.500. The molecule has 27 heavy (non-hydrogen) atoms. The predicted octanol–water partition coefficient (Wildman–Crippen LogP) is 3.03. The first kappa shape index (κ1) is 16.9. The molecule has 3 aliphatic heterocycles. The van der Waals surface area contributed by atoms with Gasteiger partial charge in [-0.25, -0.2) is 0 Å². The highest BCUT2D eigenvalue weighted by molar-refractivity contribution is 5.88. The predicted molar refractivity (Wildman–Crippen MR) is 107 cm³/mol. The van der Waals surface area contributed by atoms with Crippen LogP contribution in [-0.2, 0) is 11.3 Å². The van der Waals surface area contributed by atoms with Crippen LogP contribution in [0, 0.1) is 11.8 Å². The van der Waals surface area contributed by atoms with Gasteiger partial charge in [-0.2, -0.15) is 0 Å². The molecule has 2 bridgehead atoms. The summed E-state index contributed by atoms with van der Waals surface area (Å²) >= 11 is 0. The van der Waals surface area contributed by atoms with E-state index in [0.29, 0.717) is 30.6 Å². The molecule has 0 amide bonds. The van der Waals surface area contributed by atoms with Crippen molar-refractivity contribution in [1.29, 1.82) is 0 Å². The molecular formula is C22H27N3O2. The molecular weight excluding hydrogens is 338 g/mol. The Morgan fingerprint density at radius 3 is 2.59 bits per heavy atom. The Morgan fingerprint density at radius 2 is 1.89 bits per heavy atom. The van der Waals surface area contributed by atoms with Crippen molar-refractivity contribution < 1.29 is 9.47 Å². The molecule has 5 heteroatoms. The fourth-order valence-corrected chi connectivity index (χ4v) is 5.32. The summed E-state index contributed by atoms with van der Waals surface area (Å²) in [6.07, 6.45) is 3.42. The number of methoxy groups -OCH3 is 1. The molecule has 3 aliphatic rings. The first-order valence-electron chi connectivity index (χ1n) is 9.94. The summed E-state index contributed by atoms with van der Waals surface area (Å²) < 4.78 is 11.7. The maximum atomic E-state index is 6.11. The molecule has 1 N–H and O–H groups in total. The Balaban J connectivity index is 1.34. The van der Waals surface area contributed by atoms with Gasteiger partial charge in [0.15, 0.2) is 5.96 Å². The summed E-state index contributed by atoms with van der Waals surface area (Å²) in [7, 11) is 3.61. The second-order valence-corrected chi connectivity index (χ2v) is 7.89. The van der Waals surface area contributed by atoms with Crippen LogP contribution >= 0.6 is 0 Å². The molecule has 5 nitrogen and oxygen atoms in total. The van der Waals surface area contributed by atoms with Crippen LogP contribution in [0.5, 0.6) is 5.75 Å². The summed E-state index contributed by atoms with van der Waals surface area (Å²) in [6, 6.07) is 12.6. The standard InChI is InChI=1S/C22H27N3O2/c1-23-22(25-12-17-18(13-25)21-10-9-20(17)27-21)24-11-16-15-6-4-3-5-14(15)7-8-19(16)26-2/h3-8,17-18,20-21H,9-13H2,1-2H3,(H,23,24). The van der Waals surface area contributed by atoms with Gasteiger partial charge in [-0.05, 0) is 29.7 Å². The number of fused-ring (bicyclic) bond motifs is 6. The van der Waals surface area contributed by atoms with Crippen molar-refractivity contribution in [3.63, 3.8) is 0 Å². The maximum Gasteiger partial charge on any atom is 0.193 e. The number of aliphatic imine (C=N–C) groups is 1. The topological polar surface area (TPSA) is 46.1 Å². The van der Waals surface area contributed by atoms with Crippen LogP contribution in [0.3, 0.4) is 0 Å². The lowest BCUT2D eigenvalue weighted by Crippen LogP contribution is -2.41. The number of nitrogens with one attached hydrogen (secondary N) is 1. The molecule has 5 rings (SSSR count). The van der Waals surface area contributed by atoms with Gasteiger partial charge in [0.2, 0.25) is 0 Å². The van der Waals surface area contributed by atoms with Gasteiger partial charge in [0.05, 0.1) is 19.3 Å². The summed E-state index contributed by atoms with van der Waals surface area (Å²) in [5.41, 5.74) is 1.18. The lowest BCUT2D eigenvalue weighted by Gasteiger charge is -2.24. The van der Waals surface area contributed by atoms with Gasteiger partial charge in [-0.1, -0.05) is 30.3 Å². The third kappa shape index (κ3) is 2.76. The van der Waals surface area contributed by atoms with E-state index >= 15 is 0 Å². The molecule has 0 radical (unpaired) electrons. The zero-order valence-electron chi connectivity index (χ0n) is 16.0. The number of guanidine groups is 1. The van der Waals surface area contributed by atoms with E-state index in [1.165, 1.54) is 29.2 Å². The molecule has 3 saturated heterocycles. The summed E-state index contributed by atoms with van der Waals surface area (Å²) in [5.74, 6) is 3.25. The first-order valence-corrected chi connectivity index (χ1v) is 9.94. The van der Waals surface area contributed by atoms with Crippen molar-refractivity contribution in [1.82, 2.24) is 10.2 Å². The van der Waals surface area contributed by atoms with Gasteiger partial charge in [-0.15, -0.1) is 0 Å². The molecule has 3 heterocycles. The lowest BCUT2D eigenvalue weighted by molar-refractivity contribution is 0.0767. The zero-order chi connectivity index (χ0) is 18.4. The van der Waals surface area contributed by atoms with Crippen LogP contribution in [0.2, 0.25) is 0 Å². The summed E-state index contributed by atoms with van der Waals surface area (Å²) in [5, 5.41) is 6.05. The van der Waals surface area contributed by atoms with Crippen LogP contribution in [0.1, 0.15) is 18.4 Å². The van der Waals surface area contributed by atoms with E-state index in [4.69, 9.17) is 9.47 Å². The third-order valence-electron chi connectivity index (χ3n) is 6.60. The highest BCUT2D eigenvalue weighted by atomic mass is 16.5. The maximum absolute atomic E-state index is 6.11. The average molecular weight is 365 g/mol. The third-order valence-corrected chi connectivity index (χ3v) is 6.60. The number of nitrogens with zero attached hydrogens (tertiary/aromatic N) is 2. The zero-order valence-corrected chi connectivity index (χ0v) is 16.0. The van der Waals surface area contributed by atoms with E-state index in [-0.39, 0.29) is 0 Å². The molecule has 2 aromatic rings. The average Bonchev–Trinajstić information content (AvgIpc) is 3.42. The van der Waals surface area contributed by atoms with E-state index in [1.807, 2.05) is 7.05 Å². The SMILES string of the molecule is CN=C(NCc1c(OC)ccc2ccccc12)N1CC2C3CCC(O3)C2C1. The van der Waals surface area contributed by atoms with Gasteiger partial charge >= 0.3 is 0 Å². The largest absolute Gasteiger partial charge is 0.496 e. The second kappa shape index (κ2) is 6.71. The normalized spacial score (nSPS) is 29.4. The molecule has 142 valence electrons. The van der Waals surface area contributed by atoms with Crippen molar-refractivity contribution in [2.45, 2.75) is 31.6 Å². The smallest absolute Gasteiger partial charge is 0.193 e. The van der Waals surface area contributed by atoms with Gasteiger partial charge in [0.25, 0.3) is 0 Å². The van der Waals surface area contributed by atoms with Crippen LogP contribution in [0.4, 0.5) is 0 Å². The highest BCUT2D eigenvalue weighted by Crippen LogP contribution is 2.47. The van der Waals surface area contributed by atoms with Crippen LogP contribution < -0.4 is 10.1 Å². The molecule has 2 aromatic carbocycles. The molecule has 3 fully saturated rings. The summed E-state index contributed by atoms with van der Waals surface area (Å²) in [4.78, 5) is 6.99. The van der Waals surface area contributed by atoms with E-state index < -0.39 is 0 Å². The molecule has 0 aliphatic carbocycles. The minimum atomic E-state index is 0.473. The lowest BCUT2D eigenvalue weighted by atomic mass is 9.82. The Bertz CT molecular complexity index is 863. The van der Waals surface area contributed by atoms with Gasteiger partial charge < -0.3 is 19.7 Å². The van der Waals surface area contributed by atoms with Gasteiger partial charge in [-0.3, -0.25) is 4.99 Å². The van der Waals surface area contributed by atoms with Crippen molar-refractivity contribution >= 4 is 16.7 Å². The van der Waals surface area contributed by atoms with Gasteiger partial charge in [0, 0.05) is 44.1 Å². The van der Waals surface area contributed by atoms with Gasteiger partial charge in [0.1, 0.15) is 5.75 Å². The van der Waals surface area contributed by atoms with E-state index in [0.717, 1.165) is 24.8 Å². The number of benzene rings is 2. The highest BCUT2D eigenvalue weighted by Gasteiger charge is 2.53. The Labute approximate surface area is 160 Å². The van der Waals surface area contributed by atoms with Crippen molar-refractivity contribution in [3.05, 3.63) is 42.0 Å². The number of likely N-dealkylation sites (tertiary alicyclic amines) is 1. The monoisotopic (exact) mass is 365 g/mol. The minimum Gasteiger partial charge on any atom is -0.496 e. The second-order valence-electron chi connectivity index (χ2n) is 7.89. The molecule has 0 aromatic heterocycles. The minimum absolute atomic E-state index is 0.473. The Kier molecular flexibility index (Phi) is 4.20. The molecule has 4 atom stereocenters. The Morgan fingerprint density at radius 1 is 1.15 bits per heavy atom. The number of ether oxygens (including phenoxy) is 2. The number of hydrogen-bond donors (Lipinski definition) is 1. The van der Waals surface area contributed by atoms with Crippen LogP contribution in [-0.4, -0.2) is 50.3 Å². The Hall–Kier alpha value is -2.27. The van der Waals surface area contributed by atoms with Crippen molar-refractivity contribution in [2.75, 3.05) is 27.2 Å².